The maximum Gasteiger partial charge on any atom is 0.267 e. The van der Waals surface area contributed by atoms with E-state index in [2.05, 4.69) is 9.82 Å². The van der Waals surface area contributed by atoms with Crippen molar-refractivity contribution in [1.29, 1.82) is 0 Å². The standard InChI is InChI=1S/C10H10Cl2N4O2S/c1-16-5-8(10(13)14-16)19(17,18)15-9-6(11)3-2-4-7(9)12/h2-5,15H,1H3,(H2,13,14). The Morgan fingerprint density at radius 1 is 1.32 bits per heavy atom. The van der Waals surface area contributed by atoms with Gasteiger partial charge in [0.15, 0.2) is 5.82 Å². The van der Waals surface area contributed by atoms with E-state index in [1.54, 1.807) is 13.1 Å². The van der Waals surface area contributed by atoms with Crippen LogP contribution in [-0.4, -0.2) is 18.2 Å². The lowest BCUT2D eigenvalue weighted by molar-refractivity contribution is 0.601. The zero-order chi connectivity index (χ0) is 14.2. The molecule has 1 aromatic heterocycles. The fourth-order valence-corrected chi connectivity index (χ4v) is 3.29. The lowest BCUT2D eigenvalue weighted by Crippen LogP contribution is -2.14. The number of nitrogens with zero attached hydrogens (tertiary/aromatic N) is 2. The molecule has 0 saturated carbocycles. The smallest absolute Gasteiger partial charge is 0.267 e. The van der Waals surface area contributed by atoms with Crippen molar-refractivity contribution in [3.63, 3.8) is 0 Å². The minimum absolute atomic E-state index is 0.0989. The highest BCUT2D eigenvalue weighted by molar-refractivity contribution is 7.92. The summed E-state index contributed by atoms with van der Waals surface area (Å²) >= 11 is 11.8. The molecule has 0 unspecified atom stereocenters. The molecule has 0 saturated heterocycles. The summed E-state index contributed by atoms with van der Waals surface area (Å²) < 4.78 is 28.0. The number of nitrogens with one attached hydrogen (secondary N) is 1. The Hall–Kier alpha value is -1.44. The molecule has 19 heavy (non-hydrogen) atoms. The Kier molecular flexibility index (Phi) is 3.62. The molecule has 0 aliphatic heterocycles. The zero-order valence-electron chi connectivity index (χ0n) is 9.76. The van der Waals surface area contributed by atoms with Crippen LogP contribution < -0.4 is 10.5 Å². The van der Waals surface area contributed by atoms with Crippen LogP contribution in [0, 0.1) is 0 Å². The minimum Gasteiger partial charge on any atom is -0.381 e. The Balaban J connectivity index is 2.45. The first-order chi connectivity index (χ1) is 8.81. The fraction of sp³-hybridized carbons (Fsp3) is 0.100. The maximum atomic E-state index is 12.2. The van der Waals surface area contributed by atoms with Crippen molar-refractivity contribution in [1.82, 2.24) is 9.78 Å². The molecular weight excluding hydrogens is 311 g/mol. The van der Waals surface area contributed by atoms with E-state index in [4.69, 9.17) is 28.9 Å². The third kappa shape index (κ3) is 2.78. The lowest BCUT2D eigenvalue weighted by atomic mass is 10.3. The van der Waals surface area contributed by atoms with Crippen LogP contribution in [0.15, 0.2) is 29.3 Å². The van der Waals surface area contributed by atoms with Crippen molar-refractivity contribution in [2.75, 3.05) is 10.5 Å². The molecule has 1 aromatic carbocycles. The van der Waals surface area contributed by atoms with Crippen molar-refractivity contribution in [3.8, 4) is 0 Å². The van der Waals surface area contributed by atoms with Crippen molar-refractivity contribution >= 4 is 44.7 Å². The van der Waals surface area contributed by atoms with E-state index in [0.29, 0.717) is 0 Å². The minimum atomic E-state index is -3.90. The van der Waals surface area contributed by atoms with E-state index in [0.717, 1.165) is 0 Å². The van der Waals surface area contributed by atoms with Gasteiger partial charge in [-0.2, -0.15) is 5.10 Å². The van der Waals surface area contributed by atoms with Gasteiger partial charge in [-0.3, -0.25) is 9.40 Å². The summed E-state index contributed by atoms with van der Waals surface area (Å²) in [5.41, 5.74) is 5.65. The molecule has 0 fully saturated rings. The summed E-state index contributed by atoms with van der Waals surface area (Å²) in [7, 11) is -2.33. The van der Waals surface area contributed by atoms with Crippen LogP contribution in [0.1, 0.15) is 0 Å². The van der Waals surface area contributed by atoms with E-state index in [1.165, 1.54) is 23.0 Å². The van der Waals surface area contributed by atoms with E-state index in [-0.39, 0.29) is 26.4 Å². The predicted molar refractivity (Wildman–Crippen MR) is 74.9 cm³/mol. The highest BCUT2D eigenvalue weighted by atomic mass is 35.5. The summed E-state index contributed by atoms with van der Waals surface area (Å²) in [6.07, 6.45) is 1.29. The van der Waals surface area contributed by atoms with Crippen molar-refractivity contribution in [2.45, 2.75) is 4.90 Å². The molecule has 2 aromatic rings. The predicted octanol–water partition coefficient (Wildman–Crippen LogP) is 2.11. The molecule has 0 aliphatic carbocycles. The molecule has 0 amide bonds. The number of nitrogen functional groups attached to an aromatic ring is 1. The van der Waals surface area contributed by atoms with Crippen LogP contribution in [0.5, 0.6) is 0 Å². The van der Waals surface area contributed by atoms with Gasteiger partial charge >= 0.3 is 0 Å². The Labute approximate surface area is 120 Å². The van der Waals surface area contributed by atoms with Gasteiger partial charge < -0.3 is 5.73 Å². The van der Waals surface area contributed by atoms with Crippen LogP contribution >= 0.6 is 23.2 Å². The molecular formula is C10H10Cl2N4O2S. The topological polar surface area (TPSA) is 90.0 Å². The quantitative estimate of drug-likeness (QED) is 0.906. The second kappa shape index (κ2) is 4.92. The van der Waals surface area contributed by atoms with E-state index in [9.17, 15) is 8.42 Å². The normalized spacial score (nSPS) is 11.5. The second-order valence-electron chi connectivity index (χ2n) is 3.75. The number of hydrogen-bond donors (Lipinski definition) is 2. The fourth-order valence-electron chi connectivity index (χ4n) is 1.48. The molecule has 0 bridgehead atoms. The van der Waals surface area contributed by atoms with E-state index in [1.807, 2.05) is 0 Å². The number of nitrogens with two attached hydrogens (primary N) is 1. The van der Waals surface area contributed by atoms with Gasteiger partial charge in [0.05, 0.1) is 15.7 Å². The van der Waals surface area contributed by atoms with Crippen molar-refractivity contribution in [3.05, 3.63) is 34.4 Å². The second-order valence-corrected chi connectivity index (χ2v) is 6.22. The van der Waals surface area contributed by atoms with Crippen LogP contribution in [0.2, 0.25) is 10.0 Å². The Bertz CT molecular complexity index is 707. The van der Waals surface area contributed by atoms with E-state index >= 15 is 0 Å². The molecule has 1 heterocycles. The number of anilines is 2. The molecule has 0 spiro atoms. The molecule has 9 heteroatoms. The average Bonchev–Trinajstić information content (AvgIpc) is 2.64. The van der Waals surface area contributed by atoms with Gasteiger partial charge in [-0.05, 0) is 12.1 Å². The monoisotopic (exact) mass is 320 g/mol. The molecule has 3 N–H and O–H groups in total. The van der Waals surface area contributed by atoms with Crippen molar-refractivity contribution in [2.24, 2.45) is 7.05 Å². The summed E-state index contributed by atoms with van der Waals surface area (Å²) in [5, 5.41) is 4.16. The number of hydrogen-bond acceptors (Lipinski definition) is 4. The van der Waals surface area contributed by atoms with Crippen molar-refractivity contribution < 1.29 is 8.42 Å². The summed E-state index contributed by atoms with van der Waals surface area (Å²) in [6, 6.07) is 4.66. The maximum absolute atomic E-state index is 12.2. The summed E-state index contributed by atoms with van der Waals surface area (Å²) in [5.74, 6) is -0.0989. The number of halogens is 2. The number of aromatic nitrogens is 2. The summed E-state index contributed by atoms with van der Waals surface area (Å²) in [4.78, 5) is -0.133. The average molecular weight is 321 g/mol. The SMILES string of the molecule is Cn1cc(S(=O)(=O)Nc2c(Cl)cccc2Cl)c(N)n1. The number of benzene rings is 1. The van der Waals surface area contributed by atoms with Crippen LogP contribution in [0.3, 0.4) is 0 Å². The van der Waals surface area contributed by atoms with Gasteiger partial charge in [0.1, 0.15) is 4.90 Å². The van der Waals surface area contributed by atoms with Gasteiger partial charge in [-0.15, -0.1) is 0 Å². The van der Waals surface area contributed by atoms with Gasteiger partial charge in [0.2, 0.25) is 0 Å². The number of sulfonamides is 1. The third-order valence-electron chi connectivity index (χ3n) is 2.31. The molecule has 0 aliphatic rings. The first-order valence-electron chi connectivity index (χ1n) is 5.07. The summed E-state index contributed by atoms with van der Waals surface area (Å²) in [6.45, 7) is 0. The van der Waals surface area contributed by atoms with Gasteiger partial charge in [-0.1, -0.05) is 29.3 Å². The molecule has 0 radical (unpaired) electrons. The van der Waals surface area contributed by atoms with Gasteiger partial charge in [0.25, 0.3) is 10.0 Å². The first-order valence-corrected chi connectivity index (χ1v) is 7.31. The zero-order valence-corrected chi connectivity index (χ0v) is 12.1. The van der Waals surface area contributed by atoms with E-state index < -0.39 is 10.0 Å². The molecule has 2 rings (SSSR count). The largest absolute Gasteiger partial charge is 0.381 e. The number of aryl methyl sites for hydroxylation is 1. The Morgan fingerprint density at radius 2 is 1.89 bits per heavy atom. The highest BCUT2D eigenvalue weighted by Crippen LogP contribution is 2.32. The van der Waals surface area contributed by atoms with Gasteiger partial charge in [-0.25, -0.2) is 8.42 Å². The third-order valence-corrected chi connectivity index (χ3v) is 4.31. The number of rotatable bonds is 3. The first kappa shape index (κ1) is 14.0. The lowest BCUT2D eigenvalue weighted by Gasteiger charge is -2.10. The number of para-hydroxylation sites is 1. The molecule has 6 nitrogen and oxygen atoms in total. The molecule has 102 valence electrons. The Morgan fingerprint density at radius 3 is 2.37 bits per heavy atom. The van der Waals surface area contributed by atoms with Crippen LogP contribution in [0.25, 0.3) is 0 Å². The van der Waals surface area contributed by atoms with Crippen LogP contribution in [-0.2, 0) is 17.1 Å². The molecule has 0 atom stereocenters. The van der Waals surface area contributed by atoms with Crippen LogP contribution in [0.4, 0.5) is 11.5 Å². The van der Waals surface area contributed by atoms with Gasteiger partial charge in [0, 0.05) is 13.2 Å². The highest BCUT2D eigenvalue weighted by Gasteiger charge is 2.22.